The summed E-state index contributed by atoms with van der Waals surface area (Å²) < 4.78 is 11.9. The molecule has 1 amide bonds. The summed E-state index contributed by atoms with van der Waals surface area (Å²) in [5.41, 5.74) is 0.672. The number of hydrogen-bond acceptors (Lipinski definition) is 8. The van der Waals surface area contributed by atoms with Gasteiger partial charge in [0.15, 0.2) is 6.61 Å². The van der Waals surface area contributed by atoms with Gasteiger partial charge < -0.3 is 14.8 Å². The van der Waals surface area contributed by atoms with E-state index < -0.39 is 5.97 Å². The summed E-state index contributed by atoms with van der Waals surface area (Å²) >= 11 is 1.11. The van der Waals surface area contributed by atoms with Crippen LogP contribution in [0.4, 0.5) is 0 Å². The van der Waals surface area contributed by atoms with E-state index in [1.807, 2.05) is 31.2 Å². The summed E-state index contributed by atoms with van der Waals surface area (Å²) in [6.45, 7) is 2.08. The molecule has 0 saturated heterocycles. The van der Waals surface area contributed by atoms with Crippen molar-refractivity contribution in [2.24, 2.45) is 0 Å². The number of aromatic nitrogens is 4. The van der Waals surface area contributed by atoms with Crippen LogP contribution in [0.15, 0.2) is 29.4 Å². The van der Waals surface area contributed by atoms with Crippen LogP contribution in [0.25, 0.3) is 5.69 Å². The molecular weight excluding hydrogens is 334 g/mol. The Labute approximate surface area is 142 Å². The number of tetrazole rings is 1. The summed E-state index contributed by atoms with van der Waals surface area (Å²) in [5, 5.41) is 14.2. The lowest BCUT2D eigenvalue weighted by atomic mass is 10.3. The maximum absolute atomic E-state index is 11.7. The number of esters is 1. The van der Waals surface area contributed by atoms with Crippen LogP contribution in [0.1, 0.15) is 6.92 Å². The number of rotatable bonds is 8. The zero-order valence-electron chi connectivity index (χ0n) is 13.3. The molecule has 24 heavy (non-hydrogen) atoms. The number of carbonyl (C=O) groups excluding carboxylic acids is 2. The van der Waals surface area contributed by atoms with Gasteiger partial charge in [0.1, 0.15) is 11.4 Å². The maximum atomic E-state index is 11.7. The summed E-state index contributed by atoms with van der Waals surface area (Å²) in [4.78, 5) is 22.7. The molecular formula is C14H17N5O4S. The molecule has 0 spiro atoms. The number of amides is 1. The van der Waals surface area contributed by atoms with Gasteiger partial charge >= 0.3 is 5.97 Å². The first kappa shape index (κ1) is 17.7. The number of benzene rings is 1. The number of thioether (sulfide) groups is 1. The van der Waals surface area contributed by atoms with Crippen LogP contribution in [0.3, 0.4) is 0 Å². The maximum Gasteiger partial charge on any atom is 0.316 e. The van der Waals surface area contributed by atoms with Crippen molar-refractivity contribution < 1.29 is 19.1 Å². The first-order chi connectivity index (χ1) is 11.7. The van der Waals surface area contributed by atoms with E-state index in [0.717, 1.165) is 11.8 Å². The Balaban J connectivity index is 2.03. The second-order valence-corrected chi connectivity index (χ2v) is 5.34. The third kappa shape index (κ3) is 4.69. The average molecular weight is 351 g/mol. The third-order valence-corrected chi connectivity index (χ3v) is 3.69. The predicted molar refractivity (Wildman–Crippen MR) is 86.1 cm³/mol. The van der Waals surface area contributed by atoms with Crippen LogP contribution in [-0.2, 0) is 14.3 Å². The lowest BCUT2D eigenvalue weighted by Crippen LogP contribution is -2.25. The van der Waals surface area contributed by atoms with Crippen molar-refractivity contribution in [2.45, 2.75) is 12.1 Å². The van der Waals surface area contributed by atoms with Crippen molar-refractivity contribution in [1.82, 2.24) is 25.5 Å². The quantitative estimate of drug-likeness (QED) is 0.539. The Hall–Kier alpha value is -2.62. The summed E-state index contributed by atoms with van der Waals surface area (Å²) in [7, 11) is 1.47. The molecule has 0 aliphatic heterocycles. The zero-order chi connectivity index (χ0) is 17.4. The van der Waals surface area contributed by atoms with Gasteiger partial charge in [0.05, 0.1) is 12.4 Å². The van der Waals surface area contributed by atoms with E-state index in [9.17, 15) is 9.59 Å². The third-order valence-electron chi connectivity index (χ3n) is 2.80. The Kier molecular flexibility index (Phi) is 6.55. The number of ether oxygens (including phenoxy) is 2. The topological polar surface area (TPSA) is 108 Å². The number of hydrogen-bond donors (Lipinski definition) is 1. The second-order valence-electron chi connectivity index (χ2n) is 4.40. The average Bonchev–Trinajstić information content (AvgIpc) is 3.07. The molecule has 0 saturated carbocycles. The van der Waals surface area contributed by atoms with Crippen LogP contribution in [0, 0.1) is 0 Å². The highest BCUT2D eigenvalue weighted by molar-refractivity contribution is 7.99. The van der Waals surface area contributed by atoms with E-state index in [1.165, 1.54) is 11.7 Å². The molecule has 1 aromatic heterocycles. The van der Waals surface area contributed by atoms with Gasteiger partial charge in [-0.1, -0.05) is 23.9 Å². The Morgan fingerprint density at radius 2 is 2.12 bits per heavy atom. The Morgan fingerprint density at radius 3 is 2.88 bits per heavy atom. The standard InChI is InChI=1S/C14H17N5O4S/c1-3-22-11-7-5-4-6-10(11)19-14(16-17-18-19)24-9-13(21)23-8-12(20)15-2/h4-7H,3,8-9H2,1-2H3,(H,15,20). The van der Waals surface area contributed by atoms with Gasteiger partial charge in [0.25, 0.3) is 5.91 Å². The molecule has 0 radical (unpaired) electrons. The minimum atomic E-state index is -0.531. The minimum absolute atomic E-state index is 0.0197. The number of nitrogens with one attached hydrogen (secondary N) is 1. The van der Waals surface area contributed by atoms with Gasteiger partial charge in [-0.05, 0) is 29.5 Å². The monoisotopic (exact) mass is 351 g/mol. The fourth-order valence-corrected chi connectivity index (χ4v) is 2.39. The van der Waals surface area contributed by atoms with Gasteiger partial charge in [-0.3, -0.25) is 9.59 Å². The minimum Gasteiger partial charge on any atom is -0.492 e. The number of para-hydroxylation sites is 2. The highest BCUT2D eigenvalue weighted by atomic mass is 32.2. The van der Waals surface area contributed by atoms with E-state index in [2.05, 4.69) is 20.8 Å². The molecule has 9 nitrogen and oxygen atoms in total. The van der Waals surface area contributed by atoms with Gasteiger partial charge in [-0.15, -0.1) is 5.10 Å². The molecule has 0 aliphatic carbocycles. The van der Waals surface area contributed by atoms with Gasteiger partial charge in [0, 0.05) is 7.05 Å². The zero-order valence-corrected chi connectivity index (χ0v) is 14.1. The van der Waals surface area contributed by atoms with Crippen LogP contribution < -0.4 is 10.1 Å². The highest BCUT2D eigenvalue weighted by Crippen LogP contribution is 2.25. The van der Waals surface area contributed by atoms with E-state index in [4.69, 9.17) is 9.47 Å². The second kappa shape index (κ2) is 8.87. The summed E-state index contributed by atoms with van der Waals surface area (Å²) in [5.74, 6) is -0.287. The van der Waals surface area contributed by atoms with Crippen LogP contribution in [0.5, 0.6) is 5.75 Å². The van der Waals surface area contributed by atoms with E-state index in [1.54, 1.807) is 0 Å². The molecule has 0 aliphatic rings. The van der Waals surface area contributed by atoms with Crippen molar-refractivity contribution in [3.63, 3.8) is 0 Å². The first-order valence-electron chi connectivity index (χ1n) is 7.15. The lowest BCUT2D eigenvalue weighted by Gasteiger charge is -2.10. The van der Waals surface area contributed by atoms with Gasteiger partial charge in [0.2, 0.25) is 5.16 Å². The SMILES string of the molecule is CCOc1ccccc1-n1nnnc1SCC(=O)OCC(=O)NC. The van der Waals surface area contributed by atoms with Crippen LogP contribution in [0.2, 0.25) is 0 Å². The molecule has 10 heteroatoms. The van der Waals surface area contributed by atoms with Gasteiger partial charge in [-0.2, -0.15) is 4.68 Å². The van der Waals surface area contributed by atoms with Gasteiger partial charge in [-0.25, -0.2) is 0 Å². The van der Waals surface area contributed by atoms with Crippen LogP contribution >= 0.6 is 11.8 Å². The van der Waals surface area contributed by atoms with Crippen molar-refractivity contribution in [2.75, 3.05) is 26.0 Å². The summed E-state index contributed by atoms with van der Waals surface area (Å²) in [6.07, 6.45) is 0. The lowest BCUT2D eigenvalue weighted by molar-refractivity contribution is -0.145. The first-order valence-corrected chi connectivity index (χ1v) is 8.13. The van der Waals surface area contributed by atoms with Crippen molar-refractivity contribution in [3.8, 4) is 11.4 Å². The molecule has 0 unspecified atom stereocenters. The molecule has 1 heterocycles. The number of nitrogens with zero attached hydrogens (tertiary/aromatic N) is 4. The molecule has 0 atom stereocenters. The molecule has 0 fully saturated rings. The fourth-order valence-electron chi connectivity index (χ4n) is 1.71. The largest absolute Gasteiger partial charge is 0.492 e. The normalized spacial score (nSPS) is 10.2. The predicted octanol–water partition coefficient (Wildman–Crippen LogP) is 0.442. The van der Waals surface area contributed by atoms with Crippen molar-refractivity contribution >= 4 is 23.6 Å². The number of carbonyl (C=O) groups is 2. The van der Waals surface area contributed by atoms with E-state index in [0.29, 0.717) is 23.2 Å². The van der Waals surface area contributed by atoms with Crippen molar-refractivity contribution in [3.05, 3.63) is 24.3 Å². The summed E-state index contributed by atoms with van der Waals surface area (Å²) in [6, 6.07) is 7.31. The fraction of sp³-hybridized carbons (Fsp3) is 0.357. The molecule has 1 N–H and O–H groups in total. The van der Waals surface area contributed by atoms with Crippen LogP contribution in [-0.4, -0.2) is 58.1 Å². The molecule has 2 rings (SSSR count). The Bertz CT molecular complexity index is 706. The van der Waals surface area contributed by atoms with E-state index in [-0.39, 0.29) is 18.3 Å². The number of likely N-dealkylation sites (N-methyl/N-ethyl adjacent to an activating group) is 1. The molecule has 2 aromatic rings. The Morgan fingerprint density at radius 1 is 1.33 bits per heavy atom. The molecule has 0 bridgehead atoms. The molecule has 1 aromatic carbocycles. The molecule has 128 valence electrons. The van der Waals surface area contributed by atoms with E-state index >= 15 is 0 Å². The van der Waals surface area contributed by atoms with Crippen molar-refractivity contribution in [1.29, 1.82) is 0 Å². The smallest absolute Gasteiger partial charge is 0.316 e. The highest BCUT2D eigenvalue weighted by Gasteiger charge is 2.15.